The third-order valence-electron chi connectivity index (χ3n) is 5.35. The molecule has 2 aromatic rings. The maximum Gasteiger partial charge on any atom is 0.266 e. The van der Waals surface area contributed by atoms with E-state index >= 15 is 0 Å². The van der Waals surface area contributed by atoms with E-state index in [2.05, 4.69) is 28.7 Å². The van der Waals surface area contributed by atoms with Crippen molar-refractivity contribution in [1.82, 2.24) is 9.88 Å². The summed E-state index contributed by atoms with van der Waals surface area (Å²) in [6.45, 7) is 0. The fourth-order valence-electron chi connectivity index (χ4n) is 3.53. The minimum Gasteiger partial charge on any atom is -0.508 e. The summed E-state index contributed by atoms with van der Waals surface area (Å²) in [7, 11) is 0.334. The molecule has 1 heterocycles. The van der Waals surface area contributed by atoms with Crippen LogP contribution in [0.2, 0.25) is 0 Å². The zero-order valence-corrected chi connectivity index (χ0v) is 18.4. The summed E-state index contributed by atoms with van der Waals surface area (Å²) in [5, 5.41) is 11.5. The molecule has 0 bridgehead atoms. The van der Waals surface area contributed by atoms with Crippen molar-refractivity contribution in [1.29, 1.82) is 0 Å². The highest BCUT2D eigenvalue weighted by atomic mass is 32.2. The van der Waals surface area contributed by atoms with Gasteiger partial charge in [-0.05, 0) is 57.3 Å². The van der Waals surface area contributed by atoms with E-state index in [1.807, 2.05) is 0 Å². The fourth-order valence-corrected chi connectivity index (χ4v) is 5.41. The molecule has 2 aliphatic rings. The van der Waals surface area contributed by atoms with Crippen LogP contribution < -0.4 is 4.72 Å². The lowest BCUT2D eigenvalue weighted by Gasteiger charge is -2.27. The summed E-state index contributed by atoms with van der Waals surface area (Å²) in [5.41, 5.74) is 0.478. The Morgan fingerprint density at radius 3 is 2.41 bits per heavy atom. The lowest BCUT2D eigenvalue weighted by Crippen LogP contribution is -2.29. The number of aromatic hydroxyl groups is 1. The van der Waals surface area contributed by atoms with Crippen molar-refractivity contribution in [2.24, 2.45) is 0 Å². The Morgan fingerprint density at radius 2 is 1.90 bits per heavy atom. The Morgan fingerprint density at radius 1 is 1.21 bits per heavy atom. The van der Waals surface area contributed by atoms with Crippen molar-refractivity contribution >= 4 is 26.5 Å². The number of thiazole rings is 1. The number of sulfonamides is 1. The van der Waals surface area contributed by atoms with Gasteiger partial charge in [-0.1, -0.05) is 19.3 Å². The molecule has 6 nitrogen and oxygen atoms in total. The first-order chi connectivity index (χ1) is 13.8. The van der Waals surface area contributed by atoms with Crippen LogP contribution in [0.4, 0.5) is 9.52 Å². The third-order valence-corrected chi connectivity index (χ3v) is 7.52. The first-order valence-corrected chi connectivity index (χ1v) is 12.3. The van der Waals surface area contributed by atoms with Crippen LogP contribution in [0.3, 0.4) is 0 Å². The predicted octanol–water partition coefficient (Wildman–Crippen LogP) is 4.79. The Hall–Kier alpha value is -1.71. The number of halogens is 1. The molecular weight excluding hydrogens is 413 g/mol. The van der Waals surface area contributed by atoms with Gasteiger partial charge in [0.15, 0.2) is 5.13 Å². The molecule has 1 aromatic heterocycles. The van der Waals surface area contributed by atoms with E-state index in [1.54, 1.807) is 5.38 Å². The van der Waals surface area contributed by atoms with E-state index in [0.717, 1.165) is 36.3 Å². The quantitative estimate of drug-likeness (QED) is 0.694. The number of nitrogens with one attached hydrogen (secondary N) is 1. The molecular formula is C20H30FN3O3S2. The van der Waals surface area contributed by atoms with Crippen molar-refractivity contribution in [3.63, 3.8) is 0 Å². The van der Waals surface area contributed by atoms with Crippen molar-refractivity contribution in [2.45, 2.75) is 61.8 Å². The normalized spacial score (nSPS) is 17.7. The van der Waals surface area contributed by atoms with E-state index in [9.17, 15) is 17.9 Å². The minimum absolute atomic E-state index is 0. The number of nitrogens with zero attached hydrogens (tertiary/aromatic N) is 2. The van der Waals surface area contributed by atoms with Crippen molar-refractivity contribution < 1.29 is 19.3 Å². The topological polar surface area (TPSA) is 82.5 Å². The van der Waals surface area contributed by atoms with Crippen LogP contribution in [-0.4, -0.2) is 43.5 Å². The summed E-state index contributed by atoms with van der Waals surface area (Å²) < 4.78 is 40.4. The third kappa shape index (κ3) is 5.90. The SMILES string of the molecule is CN(C)C1CCCCC1.O=S(=O)(Nc1nccs1)c1cc(C2CC2)c(O)cc1F.[HH]. The van der Waals surface area contributed by atoms with Crippen LogP contribution in [-0.2, 0) is 10.0 Å². The van der Waals surface area contributed by atoms with Gasteiger partial charge >= 0.3 is 0 Å². The zero-order chi connectivity index (χ0) is 21.0. The van der Waals surface area contributed by atoms with Crippen LogP contribution in [0, 0.1) is 5.82 Å². The Bertz CT molecular complexity index is 914. The van der Waals surface area contributed by atoms with Gasteiger partial charge in [0.1, 0.15) is 16.5 Å². The van der Waals surface area contributed by atoms with Gasteiger partial charge in [-0.15, -0.1) is 11.3 Å². The molecule has 0 radical (unpaired) electrons. The van der Waals surface area contributed by atoms with Gasteiger partial charge in [0.05, 0.1) is 0 Å². The molecule has 9 heteroatoms. The molecule has 162 valence electrons. The van der Waals surface area contributed by atoms with Crippen LogP contribution in [0.5, 0.6) is 5.75 Å². The van der Waals surface area contributed by atoms with Crippen LogP contribution in [0.15, 0.2) is 28.6 Å². The number of benzene rings is 1. The van der Waals surface area contributed by atoms with E-state index < -0.39 is 20.7 Å². The number of hydrogen-bond donors (Lipinski definition) is 2. The van der Waals surface area contributed by atoms with Gasteiger partial charge in [-0.25, -0.2) is 17.8 Å². The average molecular weight is 444 g/mol. The maximum atomic E-state index is 13.8. The predicted molar refractivity (Wildman–Crippen MR) is 116 cm³/mol. The molecule has 0 atom stereocenters. The number of aromatic nitrogens is 1. The minimum atomic E-state index is -4.05. The maximum absolute atomic E-state index is 13.8. The van der Waals surface area contributed by atoms with E-state index in [4.69, 9.17) is 0 Å². The molecule has 2 fully saturated rings. The number of hydrogen-bond acceptors (Lipinski definition) is 6. The highest BCUT2D eigenvalue weighted by Gasteiger charge is 2.30. The van der Waals surface area contributed by atoms with Crippen LogP contribution in [0.1, 0.15) is 57.9 Å². The lowest BCUT2D eigenvalue weighted by atomic mass is 9.95. The molecule has 4 rings (SSSR count). The number of anilines is 1. The summed E-state index contributed by atoms with van der Waals surface area (Å²) >= 11 is 1.10. The smallest absolute Gasteiger partial charge is 0.266 e. The number of rotatable bonds is 5. The standard InChI is InChI=1S/C12H11FN2O3S2.C8H17N.H2/c13-9-6-10(16)8(7-1-2-7)5-11(9)20(17,18)15-12-14-3-4-19-12;1-9(2)8-6-4-3-5-7-8;/h3-7,16H,1-2H2,(H,14,15);8H,3-7H2,1-2H3;1H. The summed E-state index contributed by atoms with van der Waals surface area (Å²) in [6, 6.07) is 2.95. The Labute approximate surface area is 177 Å². The molecule has 0 amide bonds. The van der Waals surface area contributed by atoms with Crippen molar-refractivity contribution in [3.05, 3.63) is 35.1 Å². The zero-order valence-electron chi connectivity index (χ0n) is 16.8. The number of phenols is 1. The second-order valence-corrected chi connectivity index (χ2v) is 10.4. The summed E-state index contributed by atoms with van der Waals surface area (Å²) in [5.74, 6) is -1.06. The van der Waals surface area contributed by atoms with E-state index in [0.29, 0.717) is 5.56 Å². The molecule has 0 spiro atoms. The van der Waals surface area contributed by atoms with Crippen molar-refractivity contribution in [2.75, 3.05) is 18.8 Å². The largest absolute Gasteiger partial charge is 0.508 e. The molecule has 2 N–H and O–H groups in total. The highest BCUT2D eigenvalue weighted by Crippen LogP contribution is 2.45. The van der Waals surface area contributed by atoms with Crippen LogP contribution >= 0.6 is 11.3 Å². The van der Waals surface area contributed by atoms with Gasteiger partial charge < -0.3 is 10.0 Å². The monoisotopic (exact) mass is 443 g/mol. The second kappa shape index (κ2) is 9.40. The molecule has 0 unspecified atom stereocenters. The Balaban J connectivity index is 0.000000272. The molecule has 2 saturated carbocycles. The lowest BCUT2D eigenvalue weighted by molar-refractivity contribution is 0.229. The molecule has 0 saturated heterocycles. The van der Waals surface area contributed by atoms with Gasteiger partial charge in [-0.2, -0.15) is 0 Å². The summed E-state index contributed by atoms with van der Waals surface area (Å²) in [6.07, 6.45) is 10.4. The first-order valence-electron chi connectivity index (χ1n) is 9.89. The van der Waals surface area contributed by atoms with Gasteiger partial charge in [0, 0.05) is 25.1 Å². The highest BCUT2D eigenvalue weighted by molar-refractivity contribution is 7.93. The molecule has 29 heavy (non-hydrogen) atoms. The Kier molecular flexibility index (Phi) is 7.13. The second-order valence-electron chi connectivity index (χ2n) is 7.81. The average Bonchev–Trinajstić information content (AvgIpc) is 3.39. The molecule has 0 aliphatic heterocycles. The van der Waals surface area contributed by atoms with Gasteiger partial charge in [-0.3, -0.25) is 4.72 Å². The number of phenolic OH excluding ortho intramolecular Hbond substituents is 1. The van der Waals surface area contributed by atoms with E-state index in [-0.39, 0.29) is 18.2 Å². The van der Waals surface area contributed by atoms with Crippen molar-refractivity contribution in [3.8, 4) is 5.75 Å². The summed E-state index contributed by atoms with van der Waals surface area (Å²) in [4.78, 5) is 5.70. The van der Waals surface area contributed by atoms with E-state index in [1.165, 1.54) is 44.4 Å². The van der Waals surface area contributed by atoms with Crippen LogP contribution in [0.25, 0.3) is 0 Å². The fraction of sp³-hybridized carbons (Fsp3) is 0.550. The first kappa shape index (κ1) is 22.0. The molecule has 2 aliphatic carbocycles. The molecule has 1 aromatic carbocycles. The van der Waals surface area contributed by atoms with Gasteiger partial charge in [0.25, 0.3) is 10.0 Å². The van der Waals surface area contributed by atoms with Gasteiger partial charge in [0.2, 0.25) is 0 Å².